The summed E-state index contributed by atoms with van der Waals surface area (Å²) >= 11 is 6.00. The summed E-state index contributed by atoms with van der Waals surface area (Å²) < 4.78 is 5.31. The van der Waals surface area contributed by atoms with Crippen molar-refractivity contribution in [2.24, 2.45) is 5.10 Å². The summed E-state index contributed by atoms with van der Waals surface area (Å²) in [6, 6.07) is 12.4. The Balaban J connectivity index is 2.08. The number of nitrogens with zero attached hydrogens (tertiary/aromatic N) is 1. The predicted octanol–water partition coefficient (Wildman–Crippen LogP) is 3.89. The summed E-state index contributed by atoms with van der Waals surface area (Å²) in [5, 5.41) is 14.3. The number of ether oxygens (including phenoxy) is 1. The molecule has 0 aliphatic rings. The van der Waals surface area contributed by atoms with Gasteiger partial charge in [-0.2, -0.15) is 5.10 Å². The molecule has 0 saturated carbocycles. The second-order valence-corrected chi connectivity index (χ2v) is 4.42. The average molecular weight is 291 g/mol. The van der Waals surface area contributed by atoms with Gasteiger partial charge < -0.3 is 9.84 Å². The number of hydrogen-bond acceptors (Lipinski definition) is 4. The second-order valence-electron chi connectivity index (χ2n) is 4.01. The number of rotatable bonds is 5. The van der Waals surface area contributed by atoms with Gasteiger partial charge in [-0.15, -0.1) is 0 Å². The lowest BCUT2D eigenvalue weighted by Gasteiger charge is -2.06. The molecule has 0 amide bonds. The Morgan fingerprint density at radius 2 is 2.10 bits per heavy atom. The average Bonchev–Trinajstić information content (AvgIpc) is 2.45. The maximum Gasteiger partial charge on any atom is 0.161 e. The summed E-state index contributed by atoms with van der Waals surface area (Å²) in [7, 11) is 0. The Bertz CT molecular complexity index is 615. The third-order valence-electron chi connectivity index (χ3n) is 2.56. The molecule has 0 aliphatic carbocycles. The van der Waals surface area contributed by atoms with Crippen LogP contribution < -0.4 is 10.2 Å². The van der Waals surface area contributed by atoms with Crippen LogP contribution in [-0.2, 0) is 0 Å². The first-order valence-corrected chi connectivity index (χ1v) is 6.58. The third kappa shape index (κ3) is 3.65. The molecule has 0 fully saturated rings. The Morgan fingerprint density at radius 1 is 1.30 bits per heavy atom. The number of halogens is 1. The minimum absolute atomic E-state index is 0.114. The van der Waals surface area contributed by atoms with Crippen molar-refractivity contribution in [1.29, 1.82) is 0 Å². The number of hydrogen-bond donors (Lipinski definition) is 2. The van der Waals surface area contributed by atoms with Crippen molar-refractivity contribution in [3.63, 3.8) is 0 Å². The Hall–Kier alpha value is -2.20. The van der Waals surface area contributed by atoms with Gasteiger partial charge in [0, 0.05) is 0 Å². The van der Waals surface area contributed by atoms with Crippen molar-refractivity contribution >= 4 is 23.5 Å². The van der Waals surface area contributed by atoms with Gasteiger partial charge in [0.2, 0.25) is 0 Å². The van der Waals surface area contributed by atoms with E-state index in [4.69, 9.17) is 16.3 Å². The molecule has 0 spiro atoms. The first kappa shape index (κ1) is 14.2. The molecular weight excluding hydrogens is 276 g/mol. The van der Waals surface area contributed by atoms with E-state index in [0.717, 1.165) is 11.3 Å². The monoisotopic (exact) mass is 290 g/mol. The number of benzene rings is 2. The van der Waals surface area contributed by atoms with E-state index in [2.05, 4.69) is 10.5 Å². The number of para-hydroxylation sites is 1. The highest BCUT2D eigenvalue weighted by molar-refractivity contribution is 6.33. The van der Waals surface area contributed by atoms with Crippen LogP contribution in [0.4, 0.5) is 5.69 Å². The molecule has 4 nitrogen and oxygen atoms in total. The van der Waals surface area contributed by atoms with Gasteiger partial charge in [-0.1, -0.05) is 23.7 Å². The summed E-state index contributed by atoms with van der Waals surface area (Å²) in [5.74, 6) is 0.553. The van der Waals surface area contributed by atoms with Crippen molar-refractivity contribution in [3.8, 4) is 11.5 Å². The lowest BCUT2D eigenvalue weighted by molar-refractivity contribution is 0.318. The topological polar surface area (TPSA) is 53.8 Å². The number of anilines is 1. The molecule has 5 heteroatoms. The third-order valence-corrected chi connectivity index (χ3v) is 2.89. The molecule has 0 heterocycles. The fourth-order valence-corrected chi connectivity index (χ4v) is 1.79. The number of phenolic OH excluding ortho intramolecular Hbond substituents is 1. The van der Waals surface area contributed by atoms with Crippen molar-refractivity contribution in [2.75, 3.05) is 12.0 Å². The summed E-state index contributed by atoms with van der Waals surface area (Å²) in [5.41, 5.74) is 4.40. The molecule has 0 aromatic heterocycles. The first-order chi connectivity index (χ1) is 9.70. The summed E-state index contributed by atoms with van der Waals surface area (Å²) in [4.78, 5) is 0. The van der Waals surface area contributed by atoms with Crippen LogP contribution in [0.2, 0.25) is 5.02 Å². The van der Waals surface area contributed by atoms with Gasteiger partial charge in [-0.25, -0.2) is 0 Å². The second kappa shape index (κ2) is 6.82. The van der Waals surface area contributed by atoms with Crippen molar-refractivity contribution in [1.82, 2.24) is 0 Å². The molecule has 2 aromatic carbocycles. The molecule has 104 valence electrons. The van der Waals surface area contributed by atoms with Crippen LogP contribution in [0, 0.1) is 0 Å². The quantitative estimate of drug-likeness (QED) is 0.649. The summed E-state index contributed by atoms with van der Waals surface area (Å²) in [6.45, 7) is 2.35. The van der Waals surface area contributed by atoms with E-state index in [1.165, 1.54) is 0 Å². The minimum atomic E-state index is 0.114. The van der Waals surface area contributed by atoms with Gasteiger partial charge in [0.1, 0.15) is 0 Å². The van der Waals surface area contributed by atoms with Gasteiger partial charge >= 0.3 is 0 Å². The van der Waals surface area contributed by atoms with E-state index in [1.54, 1.807) is 30.5 Å². The van der Waals surface area contributed by atoms with Crippen LogP contribution in [0.3, 0.4) is 0 Å². The highest BCUT2D eigenvalue weighted by atomic mass is 35.5. The van der Waals surface area contributed by atoms with Gasteiger partial charge in [0.15, 0.2) is 11.5 Å². The van der Waals surface area contributed by atoms with Gasteiger partial charge in [0.25, 0.3) is 0 Å². The zero-order valence-electron chi connectivity index (χ0n) is 11.0. The molecule has 0 saturated heterocycles. The van der Waals surface area contributed by atoms with Crippen molar-refractivity contribution in [2.45, 2.75) is 6.92 Å². The Kier molecular flexibility index (Phi) is 4.85. The maximum atomic E-state index is 9.60. The van der Waals surface area contributed by atoms with Gasteiger partial charge in [-0.05, 0) is 42.8 Å². The number of nitrogens with one attached hydrogen (secondary N) is 1. The van der Waals surface area contributed by atoms with Crippen LogP contribution >= 0.6 is 11.6 Å². The molecule has 0 bridgehead atoms. The molecule has 2 rings (SSSR count). The predicted molar refractivity (Wildman–Crippen MR) is 81.9 cm³/mol. The number of aromatic hydroxyl groups is 1. The normalized spacial score (nSPS) is 10.7. The highest BCUT2D eigenvalue weighted by Crippen LogP contribution is 2.26. The lowest BCUT2D eigenvalue weighted by atomic mass is 10.2. The molecule has 0 radical (unpaired) electrons. The summed E-state index contributed by atoms with van der Waals surface area (Å²) in [6.07, 6.45) is 1.63. The molecule has 2 aromatic rings. The van der Waals surface area contributed by atoms with Crippen LogP contribution in [0.5, 0.6) is 11.5 Å². The van der Waals surface area contributed by atoms with Crippen LogP contribution in [0.1, 0.15) is 12.5 Å². The van der Waals surface area contributed by atoms with E-state index in [9.17, 15) is 5.11 Å². The zero-order chi connectivity index (χ0) is 14.4. The van der Waals surface area contributed by atoms with E-state index in [0.29, 0.717) is 17.4 Å². The Morgan fingerprint density at radius 3 is 2.85 bits per heavy atom. The first-order valence-electron chi connectivity index (χ1n) is 6.20. The molecule has 0 aliphatic heterocycles. The zero-order valence-corrected chi connectivity index (χ0v) is 11.8. The van der Waals surface area contributed by atoms with E-state index in [1.807, 2.05) is 25.1 Å². The molecule has 20 heavy (non-hydrogen) atoms. The maximum absolute atomic E-state index is 9.60. The smallest absolute Gasteiger partial charge is 0.161 e. The van der Waals surface area contributed by atoms with Crippen LogP contribution in [0.25, 0.3) is 0 Å². The van der Waals surface area contributed by atoms with Crippen LogP contribution in [-0.4, -0.2) is 17.9 Å². The highest BCUT2D eigenvalue weighted by Gasteiger charge is 2.02. The minimum Gasteiger partial charge on any atom is -0.504 e. The lowest BCUT2D eigenvalue weighted by Crippen LogP contribution is -1.94. The molecule has 0 unspecified atom stereocenters. The standard InChI is InChI=1S/C15H15ClN2O2/c1-2-20-15-9-11(7-8-14(15)19)10-17-18-13-6-4-3-5-12(13)16/h3-10,18-19H,2H2,1H3. The van der Waals surface area contributed by atoms with E-state index in [-0.39, 0.29) is 5.75 Å². The van der Waals surface area contributed by atoms with Gasteiger partial charge in [0.05, 0.1) is 23.5 Å². The van der Waals surface area contributed by atoms with E-state index >= 15 is 0 Å². The molecule has 2 N–H and O–H groups in total. The van der Waals surface area contributed by atoms with Gasteiger partial charge in [-0.3, -0.25) is 5.43 Å². The fourth-order valence-electron chi connectivity index (χ4n) is 1.61. The van der Waals surface area contributed by atoms with Crippen LogP contribution in [0.15, 0.2) is 47.6 Å². The largest absolute Gasteiger partial charge is 0.504 e. The molecule has 0 atom stereocenters. The Labute approximate surface area is 122 Å². The number of phenols is 1. The molecular formula is C15H15ClN2O2. The number of hydrazone groups is 1. The fraction of sp³-hybridized carbons (Fsp3) is 0.133. The van der Waals surface area contributed by atoms with Crippen molar-refractivity contribution in [3.05, 3.63) is 53.1 Å². The van der Waals surface area contributed by atoms with E-state index < -0.39 is 0 Å². The SMILES string of the molecule is CCOc1cc(C=NNc2ccccc2Cl)ccc1O. The van der Waals surface area contributed by atoms with Crippen molar-refractivity contribution < 1.29 is 9.84 Å².